The minimum Gasteiger partial charge on any atom is -0.452 e. The predicted molar refractivity (Wildman–Crippen MR) is 125 cm³/mol. The van der Waals surface area contributed by atoms with Gasteiger partial charge in [0, 0.05) is 37.0 Å². The number of benzene rings is 2. The second-order valence-corrected chi connectivity index (χ2v) is 8.21. The third kappa shape index (κ3) is 6.41. The Morgan fingerprint density at radius 2 is 1.52 bits per heavy atom. The normalized spacial score (nSPS) is 14.8. The number of nitrogens with zero attached hydrogens (tertiary/aromatic N) is 1. The van der Waals surface area contributed by atoms with Crippen LogP contribution in [0.25, 0.3) is 0 Å². The molecule has 0 radical (unpaired) electrons. The number of carbonyl (C=O) groups is 4. The third-order valence-electron chi connectivity index (χ3n) is 5.63. The van der Waals surface area contributed by atoms with Gasteiger partial charge in [0.05, 0.1) is 5.92 Å². The number of esters is 1. The van der Waals surface area contributed by atoms with Crippen LogP contribution in [0.2, 0.25) is 0 Å². The van der Waals surface area contributed by atoms with Gasteiger partial charge in [-0.3, -0.25) is 19.2 Å². The van der Waals surface area contributed by atoms with Gasteiger partial charge in [-0.25, -0.2) is 0 Å². The van der Waals surface area contributed by atoms with E-state index in [1.165, 1.54) is 13.8 Å². The van der Waals surface area contributed by atoms with Crippen LogP contribution in [-0.4, -0.2) is 47.8 Å². The molecule has 0 bridgehead atoms. The molecule has 1 heterocycles. The van der Waals surface area contributed by atoms with Gasteiger partial charge < -0.3 is 20.3 Å². The summed E-state index contributed by atoms with van der Waals surface area (Å²) in [4.78, 5) is 50.6. The highest BCUT2D eigenvalue weighted by atomic mass is 16.5. The molecule has 2 aromatic carbocycles. The Morgan fingerprint density at radius 3 is 2.09 bits per heavy atom. The molecule has 0 spiro atoms. The van der Waals surface area contributed by atoms with Crippen LogP contribution in [0.5, 0.6) is 0 Å². The summed E-state index contributed by atoms with van der Waals surface area (Å²) < 4.78 is 5.39. The molecule has 0 aliphatic carbocycles. The molecular formula is C25H29N3O5. The minimum absolute atomic E-state index is 0.0304. The number of hydrogen-bond acceptors (Lipinski definition) is 5. The molecule has 2 N–H and O–H groups in total. The summed E-state index contributed by atoms with van der Waals surface area (Å²) >= 11 is 0. The summed E-state index contributed by atoms with van der Waals surface area (Å²) in [5.41, 5.74) is 2.75. The Labute approximate surface area is 193 Å². The average Bonchev–Trinajstić information content (AvgIpc) is 2.80. The molecule has 1 fully saturated rings. The first-order chi connectivity index (χ1) is 15.7. The zero-order chi connectivity index (χ0) is 24.0. The van der Waals surface area contributed by atoms with Gasteiger partial charge in [0.15, 0.2) is 6.10 Å². The zero-order valence-corrected chi connectivity index (χ0v) is 19.1. The second kappa shape index (κ2) is 10.8. The monoisotopic (exact) mass is 451 g/mol. The molecule has 174 valence electrons. The highest BCUT2D eigenvalue weighted by Gasteiger charge is 2.31. The van der Waals surface area contributed by atoms with Crippen molar-refractivity contribution in [2.75, 3.05) is 23.7 Å². The van der Waals surface area contributed by atoms with Crippen molar-refractivity contribution in [3.05, 3.63) is 59.7 Å². The first-order valence-corrected chi connectivity index (χ1v) is 11.0. The van der Waals surface area contributed by atoms with Crippen molar-refractivity contribution in [3.63, 3.8) is 0 Å². The van der Waals surface area contributed by atoms with E-state index in [1.807, 2.05) is 31.2 Å². The molecule has 0 unspecified atom stereocenters. The van der Waals surface area contributed by atoms with Crippen LogP contribution in [0.4, 0.5) is 11.4 Å². The number of anilines is 2. The van der Waals surface area contributed by atoms with Gasteiger partial charge in [-0.05, 0) is 62.6 Å². The summed E-state index contributed by atoms with van der Waals surface area (Å²) in [6.07, 6.45) is 0.0318. The molecule has 8 heteroatoms. The molecule has 1 aliphatic rings. The van der Waals surface area contributed by atoms with Crippen LogP contribution in [0.1, 0.15) is 42.6 Å². The van der Waals surface area contributed by atoms with Crippen LogP contribution in [-0.2, 0) is 19.1 Å². The lowest BCUT2D eigenvalue weighted by molar-refractivity contribution is -0.158. The first kappa shape index (κ1) is 24.0. The van der Waals surface area contributed by atoms with E-state index in [0.717, 1.165) is 5.56 Å². The lowest BCUT2D eigenvalue weighted by atomic mass is 9.96. The highest BCUT2D eigenvalue weighted by molar-refractivity contribution is 5.96. The molecule has 1 saturated heterocycles. The van der Waals surface area contributed by atoms with E-state index in [4.69, 9.17) is 4.74 Å². The molecular weight excluding hydrogens is 422 g/mol. The standard InChI is InChI=1S/C25H29N3O5/c1-16-6-4-5-7-22(16)24(31)28-14-12-19(13-15-28)25(32)33-17(2)23(30)27-21-10-8-20(9-11-21)26-18(3)29/h4-11,17,19H,12-15H2,1-3H3,(H,26,29)(H,27,30)/t17-/m1/s1. The van der Waals surface area contributed by atoms with Gasteiger partial charge in [0.25, 0.3) is 11.8 Å². The molecule has 1 atom stereocenters. The Kier molecular flexibility index (Phi) is 7.82. The average molecular weight is 452 g/mol. The fourth-order valence-electron chi connectivity index (χ4n) is 3.71. The molecule has 8 nitrogen and oxygen atoms in total. The number of amides is 3. The van der Waals surface area contributed by atoms with Crippen LogP contribution in [0, 0.1) is 12.8 Å². The fourth-order valence-corrected chi connectivity index (χ4v) is 3.71. The largest absolute Gasteiger partial charge is 0.452 e. The lowest BCUT2D eigenvalue weighted by Crippen LogP contribution is -2.42. The quantitative estimate of drug-likeness (QED) is 0.655. The summed E-state index contributed by atoms with van der Waals surface area (Å²) in [6.45, 7) is 5.77. The smallest absolute Gasteiger partial charge is 0.309 e. The molecule has 0 saturated carbocycles. The van der Waals surface area contributed by atoms with Gasteiger partial charge in [0.2, 0.25) is 5.91 Å². The number of piperidine rings is 1. The Balaban J connectivity index is 1.47. The first-order valence-electron chi connectivity index (χ1n) is 11.0. The van der Waals surface area contributed by atoms with E-state index >= 15 is 0 Å². The number of carbonyl (C=O) groups excluding carboxylic acids is 4. The number of likely N-dealkylation sites (tertiary alicyclic amines) is 1. The van der Waals surface area contributed by atoms with Crippen LogP contribution in [0.3, 0.4) is 0 Å². The molecule has 3 amide bonds. The van der Waals surface area contributed by atoms with Crippen LogP contribution < -0.4 is 10.6 Å². The van der Waals surface area contributed by atoms with Gasteiger partial charge in [-0.15, -0.1) is 0 Å². The number of aryl methyl sites for hydroxylation is 1. The van der Waals surface area contributed by atoms with E-state index in [2.05, 4.69) is 10.6 Å². The van der Waals surface area contributed by atoms with Crippen LogP contribution in [0.15, 0.2) is 48.5 Å². The van der Waals surface area contributed by atoms with Crippen LogP contribution >= 0.6 is 0 Å². The highest BCUT2D eigenvalue weighted by Crippen LogP contribution is 2.22. The Bertz CT molecular complexity index is 1030. The van der Waals surface area contributed by atoms with E-state index < -0.39 is 18.0 Å². The SMILES string of the molecule is CC(=O)Nc1ccc(NC(=O)[C@@H](C)OC(=O)C2CCN(C(=O)c3ccccc3C)CC2)cc1. The van der Waals surface area contributed by atoms with Crippen molar-refractivity contribution in [1.82, 2.24) is 4.90 Å². The van der Waals surface area contributed by atoms with Gasteiger partial charge in [-0.2, -0.15) is 0 Å². The Hall–Kier alpha value is -3.68. The molecule has 0 aromatic heterocycles. The van der Waals surface area contributed by atoms with Crippen molar-refractivity contribution in [2.45, 2.75) is 39.7 Å². The van der Waals surface area contributed by atoms with Crippen molar-refractivity contribution >= 4 is 35.1 Å². The van der Waals surface area contributed by atoms with Crippen molar-refractivity contribution < 1.29 is 23.9 Å². The minimum atomic E-state index is -0.959. The second-order valence-electron chi connectivity index (χ2n) is 8.21. The summed E-state index contributed by atoms with van der Waals surface area (Å²) in [5, 5.41) is 5.34. The lowest BCUT2D eigenvalue weighted by Gasteiger charge is -2.31. The van der Waals surface area contributed by atoms with Gasteiger partial charge >= 0.3 is 5.97 Å². The molecule has 2 aromatic rings. The molecule has 3 rings (SSSR count). The molecule has 1 aliphatic heterocycles. The van der Waals surface area contributed by atoms with Crippen molar-refractivity contribution in [2.24, 2.45) is 5.92 Å². The van der Waals surface area contributed by atoms with Gasteiger partial charge in [-0.1, -0.05) is 18.2 Å². The fraction of sp³-hybridized carbons (Fsp3) is 0.360. The van der Waals surface area contributed by atoms with E-state index in [0.29, 0.717) is 42.9 Å². The number of hydrogen-bond donors (Lipinski definition) is 2. The number of ether oxygens (including phenoxy) is 1. The van der Waals surface area contributed by atoms with Crippen molar-refractivity contribution in [1.29, 1.82) is 0 Å². The predicted octanol–water partition coefficient (Wildman–Crippen LogP) is 3.38. The van der Waals surface area contributed by atoms with E-state index in [1.54, 1.807) is 29.2 Å². The maximum atomic E-state index is 12.7. The Morgan fingerprint density at radius 1 is 0.939 bits per heavy atom. The maximum Gasteiger partial charge on any atom is 0.309 e. The number of nitrogens with one attached hydrogen (secondary N) is 2. The van der Waals surface area contributed by atoms with Gasteiger partial charge in [0.1, 0.15) is 0 Å². The summed E-state index contributed by atoms with van der Waals surface area (Å²) in [6, 6.07) is 14.1. The van der Waals surface area contributed by atoms with Crippen molar-refractivity contribution in [3.8, 4) is 0 Å². The topological polar surface area (TPSA) is 105 Å². The number of rotatable bonds is 6. The van der Waals surface area contributed by atoms with E-state index in [-0.39, 0.29) is 17.7 Å². The maximum absolute atomic E-state index is 12.7. The zero-order valence-electron chi connectivity index (χ0n) is 19.1. The molecule has 33 heavy (non-hydrogen) atoms. The van der Waals surface area contributed by atoms with E-state index in [9.17, 15) is 19.2 Å². The summed E-state index contributed by atoms with van der Waals surface area (Å²) in [7, 11) is 0. The third-order valence-corrected chi connectivity index (χ3v) is 5.63. The summed E-state index contributed by atoms with van der Waals surface area (Å²) in [5.74, 6) is -1.43.